The van der Waals surface area contributed by atoms with Gasteiger partial charge in [-0.2, -0.15) is 15.8 Å². The molecule has 9 heteroatoms. The van der Waals surface area contributed by atoms with Gasteiger partial charge in [-0.05, 0) is 12.8 Å². The van der Waals surface area contributed by atoms with Gasteiger partial charge in [-0.25, -0.2) is 14.4 Å². The molecule has 1 fully saturated rings. The van der Waals surface area contributed by atoms with Crippen molar-refractivity contribution in [3.63, 3.8) is 0 Å². The van der Waals surface area contributed by atoms with Gasteiger partial charge < -0.3 is 14.7 Å². The van der Waals surface area contributed by atoms with E-state index in [0.717, 1.165) is 0 Å². The van der Waals surface area contributed by atoms with Crippen LogP contribution < -0.4 is 0 Å². The van der Waals surface area contributed by atoms with Gasteiger partial charge in [0.15, 0.2) is 0 Å². The fraction of sp³-hybridized carbons (Fsp3) is 0.625. The Morgan fingerprint density at radius 2 is 1.12 bits per heavy atom. The van der Waals surface area contributed by atoms with Crippen molar-refractivity contribution in [1.29, 1.82) is 0 Å². The first kappa shape index (κ1) is 13.4. The third-order valence-electron chi connectivity index (χ3n) is 2.77. The highest BCUT2D eigenvalue weighted by atomic mass is 17.1. The monoisotopic (exact) mass is 250 g/mol. The van der Waals surface area contributed by atoms with Crippen molar-refractivity contribution in [3.05, 3.63) is 0 Å². The van der Waals surface area contributed by atoms with Gasteiger partial charge in [0, 0.05) is 0 Å². The van der Waals surface area contributed by atoms with Gasteiger partial charge in [-0.1, -0.05) is 0 Å². The Hall–Kier alpha value is -1.71. The summed E-state index contributed by atoms with van der Waals surface area (Å²) < 4.78 is 0. The summed E-state index contributed by atoms with van der Waals surface area (Å²) in [4.78, 5) is 43.7. The van der Waals surface area contributed by atoms with E-state index in [1.165, 1.54) is 0 Å². The summed E-state index contributed by atoms with van der Waals surface area (Å²) in [7, 11) is 0. The van der Waals surface area contributed by atoms with Gasteiger partial charge in [-0.15, -0.1) is 0 Å². The summed E-state index contributed by atoms with van der Waals surface area (Å²) in [5, 5.41) is 24.6. The first-order chi connectivity index (χ1) is 8.04. The summed E-state index contributed by atoms with van der Waals surface area (Å²) in [5.41, 5.74) is 0. The van der Waals surface area contributed by atoms with Gasteiger partial charge in [0.2, 0.25) is 0 Å². The van der Waals surface area contributed by atoms with Crippen LogP contribution in [0.1, 0.15) is 12.8 Å². The second-order valence-electron chi connectivity index (χ2n) is 3.61. The first-order valence-electron chi connectivity index (χ1n) is 4.60. The molecule has 0 saturated heterocycles. The van der Waals surface area contributed by atoms with Gasteiger partial charge in [-0.3, -0.25) is 0 Å². The Bertz CT molecular complexity index is 301. The molecule has 0 aromatic rings. The topological polar surface area (TPSA) is 140 Å². The molecule has 0 spiro atoms. The molecule has 2 unspecified atom stereocenters. The van der Waals surface area contributed by atoms with E-state index in [9.17, 15) is 14.4 Å². The zero-order chi connectivity index (χ0) is 13.0. The standard InChI is InChI=1S/C8H10O9/c9-6(15-12)3-1-4(7(10)16-13)5(2-3)8(11)17-14/h3-5,12-14H,1-2H2. The molecule has 0 bridgehead atoms. The predicted octanol–water partition coefficient (Wildman–Crippen LogP) is -0.323. The van der Waals surface area contributed by atoms with Crippen molar-refractivity contribution in [2.45, 2.75) is 12.8 Å². The number of carbonyl (C=O) groups excluding carboxylic acids is 3. The SMILES string of the molecule is O=C(OO)C1CC(C(=O)OO)C(C(=O)OO)C1. The molecule has 0 radical (unpaired) electrons. The van der Waals surface area contributed by atoms with Crippen LogP contribution in [0.2, 0.25) is 0 Å². The Kier molecular flexibility index (Phi) is 4.37. The van der Waals surface area contributed by atoms with E-state index in [4.69, 9.17) is 15.8 Å². The van der Waals surface area contributed by atoms with E-state index in [0.29, 0.717) is 0 Å². The Balaban J connectivity index is 2.82. The number of rotatable bonds is 3. The van der Waals surface area contributed by atoms with Crippen molar-refractivity contribution < 1.29 is 44.8 Å². The van der Waals surface area contributed by atoms with Crippen LogP contribution in [0.3, 0.4) is 0 Å². The molecule has 0 amide bonds. The Labute approximate surface area is 94.3 Å². The molecule has 1 rings (SSSR count). The molecule has 0 aliphatic heterocycles. The fourth-order valence-electron chi connectivity index (χ4n) is 1.96. The van der Waals surface area contributed by atoms with E-state index in [1.807, 2.05) is 0 Å². The second-order valence-corrected chi connectivity index (χ2v) is 3.61. The zero-order valence-electron chi connectivity index (χ0n) is 8.44. The molecule has 17 heavy (non-hydrogen) atoms. The third kappa shape index (κ3) is 2.70. The summed E-state index contributed by atoms with van der Waals surface area (Å²) in [6.45, 7) is 0. The quantitative estimate of drug-likeness (QED) is 0.349. The average Bonchev–Trinajstić information content (AvgIpc) is 2.80. The van der Waals surface area contributed by atoms with Crippen LogP contribution in [0.4, 0.5) is 0 Å². The van der Waals surface area contributed by atoms with Crippen LogP contribution in [0.5, 0.6) is 0 Å². The summed E-state index contributed by atoms with van der Waals surface area (Å²) >= 11 is 0. The van der Waals surface area contributed by atoms with E-state index in [1.54, 1.807) is 0 Å². The minimum Gasteiger partial charge on any atom is -0.301 e. The molecule has 3 N–H and O–H groups in total. The van der Waals surface area contributed by atoms with E-state index in [-0.39, 0.29) is 12.8 Å². The minimum absolute atomic E-state index is 0.168. The highest BCUT2D eigenvalue weighted by Crippen LogP contribution is 2.38. The van der Waals surface area contributed by atoms with E-state index >= 15 is 0 Å². The zero-order valence-corrected chi connectivity index (χ0v) is 8.44. The van der Waals surface area contributed by atoms with Gasteiger partial charge in [0.25, 0.3) is 0 Å². The highest BCUT2D eigenvalue weighted by Gasteiger charge is 2.48. The van der Waals surface area contributed by atoms with Crippen molar-refractivity contribution in [3.8, 4) is 0 Å². The molecule has 0 heterocycles. The largest absolute Gasteiger partial charge is 0.346 e. The number of hydrogen-bond donors (Lipinski definition) is 3. The minimum atomic E-state index is -1.15. The van der Waals surface area contributed by atoms with Gasteiger partial charge in [0.05, 0.1) is 17.8 Å². The molecule has 96 valence electrons. The van der Waals surface area contributed by atoms with Crippen LogP contribution in [-0.2, 0) is 29.0 Å². The lowest BCUT2D eigenvalue weighted by Crippen LogP contribution is -2.27. The molecule has 1 aliphatic rings. The maximum absolute atomic E-state index is 11.1. The lowest BCUT2D eigenvalue weighted by molar-refractivity contribution is -0.249. The number of hydrogen-bond acceptors (Lipinski definition) is 9. The normalized spacial score (nSPS) is 27.4. The molecular weight excluding hydrogens is 240 g/mol. The molecule has 0 aromatic carbocycles. The summed E-state index contributed by atoms with van der Waals surface area (Å²) in [5.74, 6) is -6.50. The van der Waals surface area contributed by atoms with Crippen LogP contribution in [0, 0.1) is 17.8 Å². The Morgan fingerprint density at radius 1 is 0.765 bits per heavy atom. The maximum Gasteiger partial charge on any atom is 0.346 e. The molecule has 1 aliphatic carbocycles. The smallest absolute Gasteiger partial charge is 0.301 e. The molecule has 9 nitrogen and oxygen atoms in total. The predicted molar refractivity (Wildman–Crippen MR) is 45.9 cm³/mol. The van der Waals surface area contributed by atoms with Crippen LogP contribution in [0.25, 0.3) is 0 Å². The Morgan fingerprint density at radius 3 is 1.41 bits per heavy atom. The molecule has 1 saturated carbocycles. The lowest BCUT2D eigenvalue weighted by atomic mass is 9.97. The molecule has 2 atom stereocenters. The summed E-state index contributed by atoms with van der Waals surface area (Å²) in [6, 6.07) is 0. The van der Waals surface area contributed by atoms with Crippen molar-refractivity contribution in [1.82, 2.24) is 0 Å². The van der Waals surface area contributed by atoms with Crippen molar-refractivity contribution in [2.75, 3.05) is 0 Å². The molecular formula is C8H10O9. The van der Waals surface area contributed by atoms with Gasteiger partial charge >= 0.3 is 17.9 Å². The van der Waals surface area contributed by atoms with E-state index < -0.39 is 35.7 Å². The fourth-order valence-corrected chi connectivity index (χ4v) is 1.96. The third-order valence-corrected chi connectivity index (χ3v) is 2.77. The van der Waals surface area contributed by atoms with Crippen LogP contribution in [-0.4, -0.2) is 33.7 Å². The van der Waals surface area contributed by atoms with Crippen LogP contribution >= 0.6 is 0 Å². The number of carbonyl (C=O) groups is 3. The van der Waals surface area contributed by atoms with E-state index in [2.05, 4.69) is 14.7 Å². The van der Waals surface area contributed by atoms with Crippen LogP contribution in [0.15, 0.2) is 0 Å². The summed E-state index contributed by atoms with van der Waals surface area (Å²) in [6.07, 6.45) is -0.336. The molecule has 0 aromatic heterocycles. The second kappa shape index (κ2) is 5.57. The first-order valence-corrected chi connectivity index (χ1v) is 4.60. The highest BCUT2D eigenvalue weighted by molar-refractivity contribution is 5.84. The van der Waals surface area contributed by atoms with Gasteiger partial charge in [0.1, 0.15) is 0 Å². The maximum atomic E-state index is 11.1. The lowest BCUT2D eigenvalue weighted by Gasteiger charge is -2.11. The average molecular weight is 250 g/mol. The van der Waals surface area contributed by atoms with Crippen molar-refractivity contribution >= 4 is 17.9 Å². The van der Waals surface area contributed by atoms with Crippen molar-refractivity contribution in [2.24, 2.45) is 17.8 Å².